The van der Waals surface area contributed by atoms with Gasteiger partial charge in [-0.1, -0.05) is 13.8 Å². The number of ketones is 1. The van der Waals surface area contributed by atoms with Gasteiger partial charge in [0, 0.05) is 12.8 Å². The van der Waals surface area contributed by atoms with E-state index in [1.165, 1.54) is 31.3 Å². The maximum Gasteiger partial charge on any atom is 0.155 e. The van der Waals surface area contributed by atoms with Gasteiger partial charge in [0.25, 0.3) is 0 Å². The SMILES string of the molecule is CC12CCC(=O)C=C1C1OC1C1C2CCC2(C)C(CCC#N)CCC12. The summed E-state index contributed by atoms with van der Waals surface area (Å²) < 4.78 is 6.23. The Bertz CT molecular complexity index is 691. The van der Waals surface area contributed by atoms with E-state index >= 15 is 0 Å². The number of fused-ring (bicyclic) bond motifs is 8. The van der Waals surface area contributed by atoms with E-state index in [0.717, 1.165) is 18.8 Å². The lowest BCUT2D eigenvalue weighted by atomic mass is 9.46. The number of nitrogens with zero attached hydrogens (tertiary/aromatic N) is 1. The molecule has 0 amide bonds. The Balaban J connectivity index is 1.48. The summed E-state index contributed by atoms with van der Waals surface area (Å²) in [5.41, 5.74) is 1.91. The number of hydrogen-bond acceptors (Lipinski definition) is 3. The van der Waals surface area contributed by atoms with E-state index in [9.17, 15) is 4.79 Å². The Morgan fingerprint density at radius 2 is 2.08 bits per heavy atom. The monoisotopic (exact) mass is 339 g/mol. The van der Waals surface area contributed by atoms with Gasteiger partial charge in [-0.15, -0.1) is 0 Å². The number of nitriles is 1. The molecule has 3 nitrogen and oxygen atoms in total. The van der Waals surface area contributed by atoms with Gasteiger partial charge < -0.3 is 4.74 Å². The molecule has 5 rings (SSSR count). The second-order valence-electron chi connectivity index (χ2n) is 9.81. The summed E-state index contributed by atoms with van der Waals surface area (Å²) in [6, 6.07) is 2.36. The molecule has 1 saturated heterocycles. The summed E-state index contributed by atoms with van der Waals surface area (Å²) in [6.07, 6.45) is 11.2. The molecule has 25 heavy (non-hydrogen) atoms. The molecule has 1 heterocycles. The molecule has 8 unspecified atom stereocenters. The largest absolute Gasteiger partial charge is 0.365 e. The smallest absolute Gasteiger partial charge is 0.155 e. The number of hydrogen-bond donors (Lipinski definition) is 0. The van der Waals surface area contributed by atoms with Crippen LogP contribution in [0.3, 0.4) is 0 Å². The van der Waals surface area contributed by atoms with Crippen molar-refractivity contribution in [3.63, 3.8) is 0 Å². The van der Waals surface area contributed by atoms with Crippen molar-refractivity contribution < 1.29 is 9.53 Å². The minimum Gasteiger partial charge on any atom is -0.365 e. The number of epoxide rings is 1. The first-order valence-corrected chi connectivity index (χ1v) is 10.3. The summed E-state index contributed by atoms with van der Waals surface area (Å²) in [5, 5.41) is 9.02. The zero-order valence-corrected chi connectivity index (χ0v) is 15.5. The molecule has 3 saturated carbocycles. The number of carbonyl (C=O) groups excluding carboxylic acids is 1. The Labute approximate surface area is 150 Å². The molecule has 0 aromatic heterocycles. The second-order valence-corrected chi connectivity index (χ2v) is 9.81. The number of rotatable bonds is 2. The van der Waals surface area contributed by atoms with Crippen LogP contribution in [0, 0.1) is 45.8 Å². The molecular weight excluding hydrogens is 310 g/mol. The molecular formula is C22H29NO2. The van der Waals surface area contributed by atoms with E-state index in [-0.39, 0.29) is 11.5 Å². The first-order valence-electron chi connectivity index (χ1n) is 10.3. The molecule has 0 radical (unpaired) electrons. The van der Waals surface area contributed by atoms with E-state index in [1.807, 2.05) is 6.08 Å². The van der Waals surface area contributed by atoms with Gasteiger partial charge in [-0.3, -0.25) is 4.79 Å². The molecule has 0 aromatic carbocycles. The molecule has 8 atom stereocenters. The standard InChI is InChI=1S/C22H29NO2/c1-21-10-8-16-18(15(21)6-5-13(21)4-3-11-23)20-19(25-20)17-12-14(24)7-9-22(16,17)2/h12-13,15-16,18-20H,3-10H2,1-2H3. The zero-order chi connectivity index (χ0) is 17.4. The summed E-state index contributed by atoms with van der Waals surface area (Å²) in [4.78, 5) is 12.0. The quantitative estimate of drug-likeness (QED) is 0.700. The van der Waals surface area contributed by atoms with Gasteiger partial charge in [0.05, 0.1) is 12.2 Å². The van der Waals surface area contributed by atoms with Crippen LogP contribution in [-0.2, 0) is 9.53 Å². The zero-order valence-electron chi connectivity index (χ0n) is 15.5. The highest BCUT2D eigenvalue weighted by Gasteiger charge is 2.68. The lowest BCUT2D eigenvalue weighted by Crippen LogP contribution is -2.53. The Morgan fingerprint density at radius 1 is 1.24 bits per heavy atom. The summed E-state index contributed by atoms with van der Waals surface area (Å²) >= 11 is 0. The van der Waals surface area contributed by atoms with Crippen molar-refractivity contribution in [2.75, 3.05) is 0 Å². The molecule has 134 valence electrons. The minimum absolute atomic E-state index is 0.183. The van der Waals surface area contributed by atoms with E-state index < -0.39 is 0 Å². The lowest BCUT2D eigenvalue weighted by molar-refractivity contribution is -0.117. The van der Waals surface area contributed by atoms with Crippen LogP contribution >= 0.6 is 0 Å². The van der Waals surface area contributed by atoms with E-state index in [0.29, 0.717) is 47.9 Å². The maximum absolute atomic E-state index is 12.0. The van der Waals surface area contributed by atoms with E-state index in [4.69, 9.17) is 10.00 Å². The van der Waals surface area contributed by atoms with Crippen molar-refractivity contribution in [2.45, 2.75) is 77.4 Å². The third-order valence-electron chi connectivity index (χ3n) is 9.03. The molecule has 0 bridgehead atoms. The van der Waals surface area contributed by atoms with Crippen molar-refractivity contribution in [2.24, 2.45) is 34.5 Å². The molecule has 0 spiro atoms. The fourth-order valence-electron chi connectivity index (χ4n) is 7.63. The van der Waals surface area contributed by atoms with Crippen molar-refractivity contribution in [1.82, 2.24) is 0 Å². The van der Waals surface area contributed by atoms with Gasteiger partial charge in [0.2, 0.25) is 0 Å². The summed E-state index contributed by atoms with van der Waals surface area (Å²) in [6.45, 7) is 4.93. The van der Waals surface area contributed by atoms with Crippen LogP contribution < -0.4 is 0 Å². The van der Waals surface area contributed by atoms with Crippen LogP contribution in [0.2, 0.25) is 0 Å². The summed E-state index contributed by atoms with van der Waals surface area (Å²) in [5.74, 6) is 3.13. The molecule has 0 N–H and O–H groups in total. The molecule has 4 aliphatic carbocycles. The van der Waals surface area contributed by atoms with Crippen LogP contribution in [0.15, 0.2) is 11.6 Å². The fourth-order valence-corrected chi connectivity index (χ4v) is 7.63. The molecule has 5 aliphatic rings. The van der Waals surface area contributed by atoms with Gasteiger partial charge in [-0.05, 0) is 84.7 Å². The third kappa shape index (κ3) is 2.04. The number of ether oxygens (including phenoxy) is 1. The van der Waals surface area contributed by atoms with Crippen LogP contribution in [-0.4, -0.2) is 18.0 Å². The third-order valence-corrected chi connectivity index (χ3v) is 9.03. The predicted molar refractivity (Wildman–Crippen MR) is 94.5 cm³/mol. The average molecular weight is 339 g/mol. The normalized spacial score (nSPS) is 53.0. The fraction of sp³-hybridized carbons (Fsp3) is 0.818. The highest BCUT2D eigenvalue weighted by Crippen LogP contribution is 2.70. The lowest BCUT2D eigenvalue weighted by Gasteiger charge is -2.56. The highest BCUT2D eigenvalue weighted by atomic mass is 16.6. The minimum atomic E-state index is 0.183. The van der Waals surface area contributed by atoms with Crippen LogP contribution in [0.1, 0.15) is 65.2 Å². The van der Waals surface area contributed by atoms with Crippen molar-refractivity contribution in [1.29, 1.82) is 5.26 Å². The highest BCUT2D eigenvalue weighted by molar-refractivity contribution is 5.92. The molecule has 0 aromatic rings. The van der Waals surface area contributed by atoms with Crippen LogP contribution in [0.4, 0.5) is 0 Å². The Hall–Kier alpha value is -1.14. The first kappa shape index (κ1) is 16.1. The molecule has 3 heteroatoms. The van der Waals surface area contributed by atoms with Gasteiger partial charge in [0.15, 0.2) is 5.78 Å². The van der Waals surface area contributed by atoms with Gasteiger partial charge in [-0.25, -0.2) is 0 Å². The van der Waals surface area contributed by atoms with Crippen LogP contribution in [0.5, 0.6) is 0 Å². The van der Waals surface area contributed by atoms with Crippen molar-refractivity contribution >= 4 is 5.78 Å². The average Bonchev–Trinajstić information content (AvgIpc) is 3.31. The number of carbonyl (C=O) groups is 1. The van der Waals surface area contributed by atoms with Gasteiger partial charge >= 0.3 is 0 Å². The van der Waals surface area contributed by atoms with Crippen molar-refractivity contribution in [3.8, 4) is 6.07 Å². The Kier molecular flexibility index (Phi) is 3.34. The van der Waals surface area contributed by atoms with Crippen LogP contribution in [0.25, 0.3) is 0 Å². The first-order chi connectivity index (χ1) is 12.0. The van der Waals surface area contributed by atoms with E-state index in [1.54, 1.807) is 0 Å². The molecule has 1 aliphatic heterocycles. The maximum atomic E-state index is 12.0. The Morgan fingerprint density at radius 3 is 2.88 bits per heavy atom. The van der Waals surface area contributed by atoms with E-state index in [2.05, 4.69) is 19.9 Å². The summed E-state index contributed by atoms with van der Waals surface area (Å²) in [7, 11) is 0. The molecule has 4 fully saturated rings. The van der Waals surface area contributed by atoms with Gasteiger partial charge in [0.1, 0.15) is 6.10 Å². The second kappa shape index (κ2) is 5.19. The van der Waals surface area contributed by atoms with Gasteiger partial charge in [-0.2, -0.15) is 5.26 Å². The van der Waals surface area contributed by atoms with Crippen molar-refractivity contribution in [3.05, 3.63) is 11.6 Å². The topological polar surface area (TPSA) is 53.4 Å². The predicted octanol–water partition coefficient (Wildman–Crippen LogP) is 4.43.